The van der Waals surface area contributed by atoms with Gasteiger partial charge in [-0.1, -0.05) is 6.07 Å². The topological polar surface area (TPSA) is 132 Å². The molecule has 0 bridgehead atoms. The van der Waals surface area contributed by atoms with E-state index in [9.17, 15) is 4.79 Å². The van der Waals surface area contributed by atoms with Crippen molar-refractivity contribution in [1.82, 2.24) is 35.5 Å². The fourth-order valence-corrected chi connectivity index (χ4v) is 4.24. The Morgan fingerprint density at radius 3 is 2.66 bits per heavy atom. The fourth-order valence-electron chi connectivity index (χ4n) is 3.40. The summed E-state index contributed by atoms with van der Waals surface area (Å²) in [6, 6.07) is 10.9. The number of nitrogens with zero attached hydrogens (tertiary/aromatic N) is 6. The number of pyridine rings is 3. The van der Waals surface area contributed by atoms with Gasteiger partial charge in [0.1, 0.15) is 22.2 Å². The van der Waals surface area contributed by atoms with Gasteiger partial charge in [-0.25, -0.2) is 14.8 Å². The van der Waals surface area contributed by atoms with Gasteiger partial charge < -0.3 is 9.73 Å². The minimum atomic E-state index is -0.329. The molecule has 5 rings (SSSR count). The highest BCUT2D eigenvalue weighted by molar-refractivity contribution is 7.13. The van der Waals surface area contributed by atoms with Crippen LogP contribution in [0, 0.1) is 6.92 Å². The van der Waals surface area contributed by atoms with E-state index in [1.54, 1.807) is 25.5 Å². The monoisotopic (exact) mass is 484 g/mol. The van der Waals surface area contributed by atoms with E-state index in [0.717, 1.165) is 33.1 Å². The first-order valence-electron chi connectivity index (χ1n) is 10.8. The van der Waals surface area contributed by atoms with E-state index in [1.165, 1.54) is 11.3 Å². The molecule has 0 radical (unpaired) electrons. The molecule has 2 N–H and O–H groups in total. The van der Waals surface area contributed by atoms with Crippen LogP contribution >= 0.6 is 11.3 Å². The Labute approximate surface area is 204 Å². The van der Waals surface area contributed by atoms with Crippen LogP contribution in [0.2, 0.25) is 0 Å². The number of aryl methyl sites for hydroxylation is 1. The van der Waals surface area contributed by atoms with Crippen molar-refractivity contribution in [3.63, 3.8) is 0 Å². The molecule has 5 heterocycles. The second-order valence-corrected chi connectivity index (χ2v) is 8.27. The fraction of sp³-hybridized carbons (Fsp3) is 0.125. The molecule has 2 amide bonds. The van der Waals surface area contributed by atoms with Gasteiger partial charge in [-0.3, -0.25) is 15.3 Å². The number of urea groups is 1. The second kappa shape index (κ2) is 9.77. The van der Waals surface area contributed by atoms with Crippen LogP contribution in [-0.4, -0.2) is 42.7 Å². The number of carbonyl (C=O) groups excluding carboxylic acids is 1. The molecule has 11 heteroatoms. The predicted molar refractivity (Wildman–Crippen MR) is 133 cm³/mol. The SMILES string of the molecule is CCNC(=O)Nc1cc(-c2nc(-c3ccccn3)cs2)c(-c2ccnc(-c3nnc(C)o3)c2)cn1. The normalized spacial score (nSPS) is 10.8. The molecular weight excluding hydrogens is 464 g/mol. The Bertz CT molecular complexity index is 1480. The van der Waals surface area contributed by atoms with Gasteiger partial charge in [-0.2, -0.15) is 0 Å². The highest BCUT2D eigenvalue weighted by Crippen LogP contribution is 2.37. The maximum atomic E-state index is 12.1. The van der Waals surface area contributed by atoms with Crippen molar-refractivity contribution >= 4 is 23.2 Å². The zero-order valence-corrected chi connectivity index (χ0v) is 19.7. The number of amides is 2. The summed E-state index contributed by atoms with van der Waals surface area (Å²) < 4.78 is 5.54. The molecule has 0 aliphatic carbocycles. The van der Waals surface area contributed by atoms with Crippen molar-refractivity contribution in [1.29, 1.82) is 0 Å². The molecular formula is C24H20N8O2S. The van der Waals surface area contributed by atoms with Crippen LogP contribution in [0.1, 0.15) is 12.8 Å². The van der Waals surface area contributed by atoms with Gasteiger partial charge in [-0.05, 0) is 42.8 Å². The Morgan fingerprint density at radius 1 is 1.00 bits per heavy atom. The highest BCUT2D eigenvalue weighted by Gasteiger charge is 2.17. The summed E-state index contributed by atoms with van der Waals surface area (Å²) in [4.78, 5) is 30.1. The Kier molecular flexibility index (Phi) is 6.22. The summed E-state index contributed by atoms with van der Waals surface area (Å²) in [6.45, 7) is 4.08. The van der Waals surface area contributed by atoms with Gasteiger partial charge >= 0.3 is 6.03 Å². The highest BCUT2D eigenvalue weighted by atomic mass is 32.1. The number of hydrogen-bond acceptors (Lipinski definition) is 9. The second-order valence-electron chi connectivity index (χ2n) is 7.41. The zero-order chi connectivity index (χ0) is 24.2. The molecule has 10 nitrogen and oxygen atoms in total. The average Bonchev–Trinajstić information content (AvgIpc) is 3.54. The first kappa shape index (κ1) is 22.3. The lowest BCUT2D eigenvalue weighted by molar-refractivity contribution is 0.252. The van der Waals surface area contributed by atoms with E-state index in [0.29, 0.717) is 29.8 Å². The van der Waals surface area contributed by atoms with Crippen molar-refractivity contribution in [3.8, 4) is 44.7 Å². The predicted octanol–water partition coefficient (Wildman–Crippen LogP) is 4.83. The number of carbonyl (C=O) groups is 1. The van der Waals surface area contributed by atoms with Crippen LogP contribution in [0.5, 0.6) is 0 Å². The summed E-state index contributed by atoms with van der Waals surface area (Å²) in [7, 11) is 0. The quantitative estimate of drug-likeness (QED) is 0.350. The molecule has 5 aromatic rings. The number of hydrogen-bond donors (Lipinski definition) is 2. The van der Waals surface area contributed by atoms with Gasteiger partial charge in [0.05, 0.1) is 5.69 Å². The summed E-state index contributed by atoms with van der Waals surface area (Å²) in [5, 5.41) is 16.1. The van der Waals surface area contributed by atoms with E-state index in [2.05, 4.69) is 35.8 Å². The van der Waals surface area contributed by atoms with Crippen LogP contribution < -0.4 is 10.6 Å². The van der Waals surface area contributed by atoms with Gasteiger partial charge in [0.2, 0.25) is 5.89 Å². The van der Waals surface area contributed by atoms with Crippen LogP contribution in [0.25, 0.3) is 44.7 Å². The third kappa shape index (κ3) is 4.89. The van der Waals surface area contributed by atoms with Crippen molar-refractivity contribution in [2.24, 2.45) is 0 Å². The van der Waals surface area contributed by atoms with Crippen LogP contribution in [0.3, 0.4) is 0 Å². The standard InChI is InChI=1S/C24H20N8O2S/c1-3-25-24(33)30-21-11-16(23-29-20(13-35-23)18-6-4-5-8-26-18)17(12-28-21)15-7-9-27-19(10-15)22-32-31-14(2)34-22/h4-13H,3H2,1-2H3,(H2,25,28,30,33). The summed E-state index contributed by atoms with van der Waals surface area (Å²) >= 11 is 1.48. The molecule has 0 saturated heterocycles. The Morgan fingerprint density at radius 2 is 1.89 bits per heavy atom. The zero-order valence-electron chi connectivity index (χ0n) is 18.9. The van der Waals surface area contributed by atoms with Crippen LogP contribution in [0.4, 0.5) is 10.6 Å². The lowest BCUT2D eigenvalue weighted by atomic mass is 10.0. The number of aromatic nitrogens is 6. The van der Waals surface area contributed by atoms with Crippen molar-refractivity contribution in [2.45, 2.75) is 13.8 Å². The third-order valence-corrected chi connectivity index (χ3v) is 5.84. The van der Waals surface area contributed by atoms with Crippen molar-refractivity contribution in [3.05, 3.63) is 66.3 Å². The lowest BCUT2D eigenvalue weighted by Crippen LogP contribution is -2.28. The minimum Gasteiger partial charge on any atom is -0.420 e. The third-order valence-electron chi connectivity index (χ3n) is 4.96. The maximum absolute atomic E-state index is 12.1. The number of nitrogens with one attached hydrogen (secondary N) is 2. The molecule has 0 aliphatic heterocycles. The molecule has 0 aromatic carbocycles. The smallest absolute Gasteiger partial charge is 0.320 e. The summed E-state index contributed by atoms with van der Waals surface area (Å²) in [5.41, 5.74) is 4.55. The van der Waals surface area contributed by atoms with E-state index in [1.807, 2.05) is 48.7 Å². The average molecular weight is 485 g/mol. The van der Waals surface area contributed by atoms with Crippen molar-refractivity contribution < 1.29 is 9.21 Å². The van der Waals surface area contributed by atoms with Crippen LogP contribution in [0.15, 0.2) is 64.8 Å². The van der Waals surface area contributed by atoms with Gasteiger partial charge in [-0.15, -0.1) is 21.5 Å². The molecule has 0 saturated carbocycles. The molecule has 174 valence electrons. The van der Waals surface area contributed by atoms with Gasteiger partial charge in [0.15, 0.2) is 0 Å². The molecule has 0 atom stereocenters. The van der Waals surface area contributed by atoms with E-state index in [-0.39, 0.29) is 6.03 Å². The molecule has 35 heavy (non-hydrogen) atoms. The lowest BCUT2D eigenvalue weighted by Gasteiger charge is -2.11. The Hall–Kier alpha value is -4.51. The van der Waals surface area contributed by atoms with Crippen LogP contribution in [-0.2, 0) is 0 Å². The van der Waals surface area contributed by atoms with E-state index >= 15 is 0 Å². The summed E-state index contributed by atoms with van der Waals surface area (Å²) in [6.07, 6.45) is 5.12. The number of anilines is 1. The minimum absolute atomic E-state index is 0.329. The molecule has 0 aliphatic rings. The first-order chi connectivity index (χ1) is 17.1. The number of thiazole rings is 1. The number of rotatable bonds is 6. The Balaban J connectivity index is 1.59. The first-order valence-corrected chi connectivity index (χ1v) is 11.7. The molecule has 0 unspecified atom stereocenters. The largest absolute Gasteiger partial charge is 0.420 e. The van der Waals surface area contributed by atoms with Gasteiger partial charge in [0.25, 0.3) is 5.89 Å². The summed E-state index contributed by atoms with van der Waals surface area (Å²) in [5.74, 6) is 1.20. The van der Waals surface area contributed by atoms with E-state index in [4.69, 9.17) is 9.40 Å². The van der Waals surface area contributed by atoms with E-state index < -0.39 is 0 Å². The molecule has 0 spiro atoms. The van der Waals surface area contributed by atoms with Crippen molar-refractivity contribution in [2.75, 3.05) is 11.9 Å². The molecule has 0 fully saturated rings. The van der Waals surface area contributed by atoms with Gasteiger partial charge in [0, 0.05) is 48.6 Å². The maximum Gasteiger partial charge on any atom is 0.320 e. The molecule has 5 aromatic heterocycles.